The van der Waals surface area contributed by atoms with Gasteiger partial charge in [-0.1, -0.05) is 156 Å². The largest absolute Gasteiger partial charge is 0.465 e. The third-order valence-corrected chi connectivity index (χ3v) is 10.3. The smallest absolute Gasteiger partial charge is 0.305 e. The summed E-state index contributed by atoms with van der Waals surface area (Å²) in [6.45, 7) is 10.3. The predicted octanol–water partition coefficient (Wildman–Crippen LogP) is 13.0. The van der Waals surface area contributed by atoms with Crippen LogP contribution >= 0.6 is 11.8 Å². The maximum absolute atomic E-state index is 12.4. The van der Waals surface area contributed by atoms with Gasteiger partial charge in [0.2, 0.25) is 0 Å². The Labute approximate surface area is 286 Å². The average Bonchev–Trinajstić information content (AvgIpc) is 3.04. The van der Waals surface area contributed by atoms with Crippen LogP contribution in [0.25, 0.3) is 0 Å². The molecule has 0 aliphatic rings. The first-order chi connectivity index (χ1) is 22.1. The highest BCUT2D eigenvalue weighted by atomic mass is 32.2. The number of carbonyl (C=O) groups is 2. The molecule has 0 aromatic carbocycles. The summed E-state index contributed by atoms with van der Waals surface area (Å²) in [7, 11) is 0. The number of hydrogen-bond donors (Lipinski definition) is 0. The number of rotatable bonds is 36. The third-order valence-electron chi connectivity index (χ3n) is 9.16. The zero-order valence-corrected chi connectivity index (χ0v) is 31.6. The number of unbranched alkanes of at least 4 members (excludes halogenated alkanes) is 16. The molecule has 0 aromatic rings. The lowest BCUT2D eigenvalue weighted by atomic mass is 9.95. The lowest BCUT2D eigenvalue weighted by Gasteiger charge is -2.17. The Hall–Kier alpha value is -0.710. The maximum atomic E-state index is 12.4. The molecule has 0 bridgehead atoms. The van der Waals surface area contributed by atoms with Crippen LogP contribution in [0.3, 0.4) is 0 Å². The Bertz CT molecular complexity index is 573. The summed E-state index contributed by atoms with van der Waals surface area (Å²) in [6, 6.07) is 0. The summed E-state index contributed by atoms with van der Waals surface area (Å²) < 4.78 is 11.5. The van der Waals surface area contributed by atoms with Crippen LogP contribution in [-0.4, -0.2) is 36.7 Å². The Morgan fingerprint density at radius 1 is 0.422 bits per heavy atom. The fraction of sp³-hybridized carbons (Fsp3) is 0.950. The first-order valence-corrected chi connectivity index (χ1v) is 21.1. The molecule has 0 radical (unpaired) electrons. The van der Waals surface area contributed by atoms with Gasteiger partial charge in [-0.15, -0.1) is 0 Å². The monoisotopic (exact) mass is 655 g/mol. The first-order valence-electron chi connectivity index (χ1n) is 20.0. The summed E-state index contributed by atoms with van der Waals surface area (Å²) in [4.78, 5) is 24.8. The van der Waals surface area contributed by atoms with Crippen molar-refractivity contribution >= 4 is 23.7 Å². The van der Waals surface area contributed by atoms with E-state index >= 15 is 0 Å². The Balaban J connectivity index is 4.06. The molecule has 0 saturated heterocycles. The van der Waals surface area contributed by atoms with Crippen LogP contribution in [0.2, 0.25) is 0 Å². The fourth-order valence-electron chi connectivity index (χ4n) is 6.07. The Kier molecular flexibility index (Phi) is 35.6. The van der Waals surface area contributed by atoms with Crippen LogP contribution < -0.4 is 0 Å². The molecule has 0 aliphatic heterocycles. The van der Waals surface area contributed by atoms with Crippen LogP contribution in [-0.2, 0) is 19.1 Å². The lowest BCUT2D eigenvalue weighted by Crippen LogP contribution is -2.15. The molecule has 0 heterocycles. The van der Waals surface area contributed by atoms with Crippen LogP contribution in [0.5, 0.6) is 0 Å². The predicted molar refractivity (Wildman–Crippen MR) is 198 cm³/mol. The van der Waals surface area contributed by atoms with Gasteiger partial charge in [0.15, 0.2) is 0 Å². The van der Waals surface area contributed by atoms with Gasteiger partial charge in [0.05, 0.1) is 13.2 Å². The van der Waals surface area contributed by atoms with E-state index in [0.717, 1.165) is 24.3 Å². The molecule has 0 fully saturated rings. The van der Waals surface area contributed by atoms with Gasteiger partial charge >= 0.3 is 11.9 Å². The highest BCUT2D eigenvalue weighted by Crippen LogP contribution is 2.21. The van der Waals surface area contributed by atoms with Crippen molar-refractivity contribution in [2.75, 3.05) is 24.7 Å². The lowest BCUT2D eigenvalue weighted by molar-refractivity contribution is -0.146. The zero-order chi connectivity index (χ0) is 33.1. The van der Waals surface area contributed by atoms with Crippen molar-refractivity contribution in [2.24, 2.45) is 11.8 Å². The number of thioether (sulfide) groups is 1. The highest BCUT2D eigenvalue weighted by Gasteiger charge is 2.14. The summed E-state index contributed by atoms with van der Waals surface area (Å²) in [6.07, 6.45) is 33.6. The number of esters is 2. The third kappa shape index (κ3) is 33.0. The molecule has 0 aromatic heterocycles. The number of hydrogen-bond acceptors (Lipinski definition) is 5. The minimum absolute atomic E-state index is 0.0362. The standard InChI is InChI=1S/C40H78O4S/c1-5-9-13-17-19-23-29-37(27-21-15-11-7-3)35-43-39(41)31-25-33-45-34-26-32-40(42)44-36-38(28-22-16-12-8-4)30-24-20-18-14-10-6-2/h37-38H,5-36H2,1-4H3. The second-order valence-corrected chi connectivity index (χ2v) is 15.0. The van der Waals surface area contributed by atoms with E-state index in [9.17, 15) is 9.59 Å². The van der Waals surface area contributed by atoms with Gasteiger partial charge in [0.1, 0.15) is 0 Å². The summed E-state index contributed by atoms with van der Waals surface area (Å²) in [5.74, 6) is 2.87. The quantitative estimate of drug-likeness (QED) is 0.0497. The minimum atomic E-state index is -0.0362. The summed E-state index contributed by atoms with van der Waals surface area (Å²) >= 11 is 1.84. The van der Waals surface area contributed by atoms with Gasteiger partial charge < -0.3 is 9.47 Å². The second kappa shape index (κ2) is 36.1. The van der Waals surface area contributed by atoms with Gasteiger partial charge in [-0.3, -0.25) is 9.59 Å². The van der Waals surface area contributed by atoms with Gasteiger partial charge in [0, 0.05) is 12.8 Å². The zero-order valence-electron chi connectivity index (χ0n) is 30.8. The van der Waals surface area contributed by atoms with E-state index in [0.29, 0.717) is 37.9 Å². The number of carbonyl (C=O) groups excluding carboxylic acids is 2. The van der Waals surface area contributed by atoms with Crippen molar-refractivity contribution in [1.82, 2.24) is 0 Å². The molecule has 2 atom stereocenters. The van der Waals surface area contributed by atoms with E-state index < -0.39 is 0 Å². The van der Waals surface area contributed by atoms with Crippen molar-refractivity contribution in [3.05, 3.63) is 0 Å². The normalized spacial score (nSPS) is 12.7. The molecule has 0 aliphatic carbocycles. The first kappa shape index (κ1) is 44.3. The van der Waals surface area contributed by atoms with Crippen molar-refractivity contribution in [3.8, 4) is 0 Å². The van der Waals surface area contributed by atoms with Crippen molar-refractivity contribution in [1.29, 1.82) is 0 Å². The second-order valence-electron chi connectivity index (χ2n) is 13.7. The molecule has 4 nitrogen and oxygen atoms in total. The molecule has 0 rings (SSSR count). The molecule has 0 saturated carbocycles. The van der Waals surface area contributed by atoms with E-state index in [4.69, 9.17) is 9.47 Å². The van der Waals surface area contributed by atoms with Crippen LogP contribution in [0.15, 0.2) is 0 Å². The van der Waals surface area contributed by atoms with Crippen molar-refractivity contribution in [3.63, 3.8) is 0 Å². The molecule has 0 spiro atoms. The fourth-order valence-corrected chi connectivity index (χ4v) is 6.97. The van der Waals surface area contributed by atoms with E-state index in [1.165, 1.54) is 154 Å². The van der Waals surface area contributed by atoms with Crippen LogP contribution in [0.4, 0.5) is 0 Å². The van der Waals surface area contributed by atoms with Gasteiger partial charge in [-0.25, -0.2) is 0 Å². The van der Waals surface area contributed by atoms with E-state index in [-0.39, 0.29) is 11.9 Å². The molecule has 268 valence electrons. The molecule has 0 N–H and O–H groups in total. The van der Waals surface area contributed by atoms with Gasteiger partial charge in [-0.05, 0) is 61.9 Å². The summed E-state index contributed by atoms with van der Waals surface area (Å²) in [5.41, 5.74) is 0. The minimum Gasteiger partial charge on any atom is -0.465 e. The van der Waals surface area contributed by atoms with Gasteiger partial charge in [0.25, 0.3) is 0 Å². The molecule has 45 heavy (non-hydrogen) atoms. The Morgan fingerprint density at radius 3 is 1.04 bits per heavy atom. The Morgan fingerprint density at radius 2 is 0.711 bits per heavy atom. The molecular formula is C40H78O4S. The van der Waals surface area contributed by atoms with Crippen molar-refractivity contribution < 1.29 is 19.1 Å². The summed E-state index contributed by atoms with van der Waals surface area (Å²) in [5, 5.41) is 0. The highest BCUT2D eigenvalue weighted by molar-refractivity contribution is 7.99. The molecule has 5 heteroatoms. The molecular weight excluding hydrogens is 577 g/mol. The van der Waals surface area contributed by atoms with E-state index in [1.54, 1.807) is 0 Å². The molecule has 0 amide bonds. The van der Waals surface area contributed by atoms with Crippen LogP contribution in [0, 0.1) is 11.8 Å². The van der Waals surface area contributed by atoms with E-state index in [2.05, 4.69) is 27.7 Å². The van der Waals surface area contributed by atoms with Crippen LogP contribution in [0.1, 0.15) is 207 Å². The molecule has 2 unspecified atom stereocenters. The topological polar surface area (TPSA) is 52.6 Å². The maximum Gasteiger partial charge on any atom is 0.305 e. The van der Waals surface area contributed by atoms with Crippen molar-refractivity contribution in [2.45, 2.75) is 207 Å². The van der Waals surface area contributed by atoms with E-state index in [1.807, 2.05) is 11.8 Å². The van der Waals surface area contributed by atoms with Gasteiger partial charge in [-0.2, -0.15) is 11.8 Å². The average molecular weight is 655 g/mol. The SMILES string of the molecule is CCCCCCCCC(CCCCCC)COC(=O)CCCSCCCC(=O)OCC(CCCCCC)CCCCCCCC. The number of ether oxygens (including phenoxy) is 2.